The van der Waals surface area contributed by atoms with Gasteiger partial charge >= 0.3 is 0 Å². The van der Waals surface area contributed by atoms with Gasteiger partial charge in [-0.05, 0) is 98.9 Å². The highest BCUT2D eigenvalue weighted by Gasteiger charge is 2.63. The summed E-state index contributed by atoms with van der Waals surface area (Å²) < 4.78 is 36.6. The molecule has 4 heterocycles. The van der Waals surface area contributed by atoms with Crippen molar-refractivity contribution >= 4 is 51.0 Å². The van der Waals surface area contributed by atoms with Crippen LogP contribution in [-0.4, -0.2) is 44.6 Å². The number of nitrogens with zero attached hydrogens (tertiary/aromatic N) is 4. The van der Waals surface area contributed by atoms with Gasteiger partial charge < -0.3 is 24.1 Å². The molecule has 1 N–H and O–H groups in total. The van der Waals surface area contributed by atoms with Crippen LogP contribution in [0, 0.1) is 23.1 Å². The normalized spacial score (nSPS) is 25.4. The molecule has 8 nitrogen and oxygen atoms in total. The van der Waals surface area contributed by atoms with Gasteiger partial charge in [-0.2, -0.15) is 0 Å². The number of benzene rings is 2. The molecule has 250 valence electrons. The molecule has 2 aromatic carbocycles. The lowest BCUT2D eigenvalue weighted by atomic mass is 9.68. The molecule has 11 heteroatoms. The second-order valence-corrected chi connectivity index (χ2v) is 15.0. The van der Waals surface area contributed by atoms with E-state index in [1.165, 1.54) is 6.33 Å². The molecule has 3 fully saturated rings. The van der Waals surface area contributed by atoms with Crippen molar-refractivity contribution in [3.63, 3.8) is 0 Å². The largest absolute Gasteiger partial charge is 0.497 e. The van der Waals surface area contributed by atoms with E-state index in [1.807, 2.05) is 56.4 Å². The highest BCUT2D eigenvalue weighted by atomic mass is 35.5. The fourth-order valence-corrected chi connectivity index (χ4v) is 8.62. The quantitative estimate of drug-likeness (QED) is 0.155. The first-order valence-corrected chi connectivity index (χ1v) is 17.3. The number of anilines is 1. The molecule has 1 aliphatic heterocycles. The van der Waals surface area contributed by atoms with Crippen LogP contribution in [0.3, 0.4) is 0 Å². The Kier molecular flexibility index (Phi) is 7.82. The molecular weight excluding hydrogens is 652 g/mol. The van der Waals surface area contributed by atoms with Gasteiger partial charge in [0.05, 0.1) is 35.2 Å². The summed E-state index contributed by atoms with van der Waals surface area (Å²) in [7, 11) is 1.64. The zero-order valence-corrected chi connectivity index (χ0v) is 28.9. The average molecular weight is 691 g/mol. The van der Waals surface area contributed by atoms with Crippen molar-refractivity contribution in [3.05, 3.63) is 88.2 Å². The Morgan fingerprint density at radius 1 is 1.02 bits per heavy atom. The first kappa shape index (κ1) is 31.7. The molecule has 0 spiro atoms. The second kappa shape index (κ2) is 11.8. The van der Waals surface area contributed by atoms with Crippen molar-refractivity contribution in [3.8, 4) is 5.75 Å². The predicted octanol–water partition coefficient (Wildman–Crippen LogP) is 8.79. The third-order valence-electron chi connectivity index (χ3n) is 10.6. The van der Waals surface area contributed by atoms with Crippen LogP contribution in [0.25, 0.3) is 21.9 Å². The van der Waals surface area contributed by atoms with Gasteiger partial charge in [0.1, 0.15) is 40.6 Å². The summed E-state index contributed by atoms with van der Waals surface area (Å²) in [5, 5.41) is 5.36. The van der Waals surface area contributed by atoms with Crippen LogP contribution < -0.4 is 10.1 Å². The molecule has 2 aliphatic carbocycles. The number of ether oxygens (including phenoxy) is 3. The minimum absolute atomic E-state index is 0.0111. The summed E-state index contributed by atoms with van der Waals surface area (Å²) in [6, 6.07) is 15.1. The van der Waals surface area contributed by atoms with Crippen LogP contribution in [0.1, 0.15) is 57.2 Å². The van der Waals surface area contributed by atoms with Crippen LogP contribution in [0.4, 0.5) is 10.2 Å². The summed E-state index contributed by atoms with van der Waals surface area (Å²) >= 11 is 13.0. The van der Waals surface area contributed by atoms with E-state index >= 15 is 4.39 Å². The van der Waals surface area contributed by atoms with Gasteiger partial charge in [0, 0.05) is 23.5 Å². The smallest absolute Gasteiger partial charge is 0.163 e. The van der Waals surface area contributed by atoms with Crippen molar-refractivity contribution in [2.75, 3.05) is 12.4 Å². The maximum absolute atomic E-state index is 15.8. The van der Waals surface area contributed by atoms with E-state index in [4.69, 9.17) is 42.4 Å². The number of aromatic nitrogens is 4. The molecule has 48 heavy (non-hydrogen) atoms. The van der Waals surface area contributed by atoms with Gasteiger partial charge in [-0.25, -0.2) is 19.3 Å². The minimum atomic E-state index is -0.730. The van der Waals surface area contributed by atoms with Crippen molar-refractivity contribution < 1.29 is 18.6 Å². The fourth-order valence-electron chi connectivity index (χ4n) is 8.21. The Labute approximate surface area is 288 Å². The highest BCUT2D eigenvalue weighted by Crippen LogP contribution is 2.61. The number of pyridine rings is 1. The molecule has 0 bridgehead atoms. The third kappa shape index (κ3) is 5.58. The van der Waals surface area contributed by atoms with E-state index in [-0.39, 0.29) is 35.4 Å². The molecule has 5 aromatic rings. The van der Waals surface area contributed by atoms with Gasteiger partial charge in [0.2, 0.25) is 0 Å². The zero-order valence-electron chi connectivity index (χ0n) is 27.3. The summed E-state index contributed by atoms with van der Waals surface area (Å²) in [6.45, 7) is 6.82. The monoisotopic (exact) mass is 689 g/mol. The average Bonchev–Trinajstić information content (AvgIpc) is 3.64. The minimum Gasteiger partial charge on any atom is -0.497 e. The van der Waals surface area contributed by atoms with Crippen LogP contribution in [0.5, 0.6) is 5.75 Å². The predicted molar refractivity (Wildman–Crippen MR) is 185 cm³/mol. The van der Waals surface area contributed by atoms with E-state index in [0.717, 1.165) is 47.2 Å². The zero-order chi connectivity index (χ0) is 33.4. The number of hydrogen-bond acceptors (Lipinski definition) is 7. The Balaban J connectivity index is 1.11. The van der Waals surface area contributed by atoms with Gasteiger partial charge in [0.15, 0.2) is 5.79 Å². The van der Waals surface area contributed by atoms with Gasteiger partial charge in [-0.15, -0.1) is 0 Å². The van der Waals surface area contributed by atoms with E-state index in [1.54, 1.807) is 19.2 Å². The lowest BCUT2D eigenvalue weighted by Gasteiger charge is -2.39. The van der Waals surface area contributed by atoms with E-state index in [2.05, 4.69) is 26.8 Å². The second-order valence-electron chi connectivity index (χ2n) is 14.2. The first-order chi connectivity index (χ1) is 23.0. The molecule has 5 atom stereocenters. The molecule has 0 amide bonds. The number of nitrogens with one attached hydrogen (secondary N) is 1. The Hall–Kier alpha value is -3.50. The maximum atomic E-state index is 15.8. The molecular formula is C37H38Cl2FN5O3. The molecule has 3 aliphatic rings. The summed E-state index contributed by atoms with van der Waals surface area (Å²) in [5.74, 6) is 1.01. The molecule has 1 saturated heterocycles. The molecule has 1 unspecified atom stereocenters. The van der Waals surface area contributed by atoms with E-state index < -0.39 is 5.79 Å². The number of hydrogen-bond donors (Lipinski definition) is 1. The van der Waals surface area contributed by atoms with Gasteiger partial charge in [-0.1, -0.05) is 42.3 Å². The van der Waals surface area contributed by atoms with E-state index in [9.17, 15) is 0 Å². The van der Waals surface area contributed by atoms with Crippen LogP contribution in [0.2, 0.25) is 10.2 Å². The van der Waals surface area contributed by atoms with Gasteiger partial charge in [-0.3, -0.25) is 0 Å². The molecule has 0 radical (unpaired) electrons. The SMILES string of the molecule is COc1ccc(CNc2nc3cc(CC(C4CC4)[C@@]4(C)C[C@@H](n5ccc6c(Cl)ncnc65)[C@@H]5OC(C)(C)O[C@@H]54)cc(F)c3cc2Cl)cc1. The van der Waals surface area contributed by atoms with Crippen molar-refractivity contribution in [1.29, 1.82) is 0 Å². The highest BCUT2D eigenvalue weighted by molar-refractivity contribution is 6.34. The molecule has 8 rings (SSSR count). The first-order valence-electron chi connectivity index (χ1n) is 16.5. The lowest BCUT2D eigenvalue weighted by Crippen LogP contribution is -2.41. The fraction of sp³-hybridized carbons (Fsp3) is 0.432. The van der Waals surface area contributed by atoms with Crippen molar-refractivity contribution in [1.82, 2.24) is 19.5 Å². The van der Waals surface area contributed by atoms with Crippen molar-refractivity contribution in [2.45, 2.75) is 77.0 Å². The van der Waals surface area contributed by atoms with Crippen LogP contribution in [0.15, 0.2) is 61.1 Å². The number of rotatable bonds is 9. The maximum Gasteiger partial charge on any atom is 0.163 e. The molecule has 2 saturated carbocycles. The van der Waals surface area contributed by atoms with Gasteiger partial charge in [0.25, 0.3) is 0 Å². The Bertz CT molecular complexity index is 2020. The lowest BCUT2D eigenvalue weighted by molar-refractivity contribution is -0.173. The Morgan fingerprint density at radius 2 is 1.81 bits per heavy atom. The number of fused-ring (bicyclic) bond motifs is 3. The number of halogens is 3. The molecule has 3 aromatic heterocycles. The topological polar surface area (TPSA) is 83.3 Å². The third-order valence-corrected chi connectivity index (χ3v) is 11.2. The Morgan fingerprint density at radius 3 is 2.56 bits per heavy atom. The van der Waals surface area contributed by atoms with Crippen molar-refractivity contribution in [2.24, 2.45) is 17.3 Å². The van der Waals surface area contributed by atoms with E-state index in [0.29, 0.717) is 45.8 Å². The summed E-state index contributed by atoms with van der Waals surface area (Å²) in [5.41, 5.74) is 3.08. The van der Waals surface area contributed by atoms with Crippen LogP contribution >= 0.6 is 23.2 Å². The summed E-state index contributed by atoms with van der Waals surface area (Å²) in [6.07, 6.45) is 7.04. The van der Waals surface area contributed by atoms with Crippen LogP contribution in [-0.2, 0) is 22.4 Å². The summed E-state index contributed by atoms with van der Waals surface area (Å²) in [4.78, 5) is 13.6. The number of methoxy groups -OCH3 is 1. The standard InChI is InChI=1S/C37H38Cl2FN5O3/c1-36(2)47-31-30(45-12-11-24-33(39)42-19-43-35(24)45)17-37(3,32(31)48-36)26(22-7-8-22)13-21-14-28(40)25-16-27(38)34(44-29(25)15-21)41-18-20-5-9-23(46-4)10-6-20/h5-6,9-12,14-16,19,22,26,30-32H,7-8,13,17-18H2,1-4H3,(H,41,44)/t26?,30-,31+,32+,37-/m1/s1.